The van der Waals surface area contributed by atoms with Crippen molar-refractivity contribution in [3.63, 3.8) is 0 Å². The lowest BCUT2D eigenvalue weighted by atomic mass is 9.94. The Morgan fingerprint density at radius 1 is 1.08 bits per heavy atom. The molecule has 0 spiro atoms. The molecule has 0 amide bonds. The topological polar surface area (TPSA) is 53.1 Å². The van der Waals surface area contributed by atoms with E-state index in [1.54, 1.807) is 4.90 Å². The fourth-order valence-electron chi connectivity index (χ4n) is 2.58. The molecule has 1 heterocycles. The minimum atomic E-state index is 0.341. The molecule has 0 saturated carbocycles. The van der Waals surface area contributed by atoms with Crippen LogP contribution in [0.5, 0.6) is 0 Å². The smallest absolute Gasteiger partial charge is 0.127 e. The maximum Gasteiger partial charge on any atom is 0.127 e. The molecule has 0 unspecified atom stereocenters. The summed E-state index contributed by atoms with van der Waals surface area (Å²) in [5, 5.41) is 12.4. The third-order valence-electron chi connectivity index (χ3n) is 3.65. The SMILES string of the molecule is N#CC1=C(N)N(c2ccccc2)C(=C=S)C=C1c1cccc(Br)c1. The number of nitrogens with two attached hydrogens (primary N) is 1. The summed E-state index contributed by atoms with van der Waals surface area (Å²) in [6.45, 7) is 0. The minimum Gasteiger partial charge on any atom is -0.384 e. The molecular weight excluding hydrogens is 382 g/mol. The second-order valence-corrected chi connectivity index (χ2v) is 6.22. The van der Waals surface area contributed by atoms with E-state index in [1.165, 1.54) is 0 Å². The molecule has 2 N–H and O–H groups in total. The third-order valence-corrected chi connectivity index (χ3v) is 4.36. The summed E-state index contributed by atoms with van der Waals surface area (Å²) in [6, 6.07) is 19.5. The van der Waals surface area contributed by atoms with E-state index in [0.29, 0.717) is 17.1 Å². The summed E-state index contributed by atoms with van der Waals surface area (Å²) in [6.07, 6.45) is 1.84. The standard InChI is InChI=1S/C19H12BrN3S/c20-14-6-4-5-13(9-14)17-10-16(12-24)23(19(22)18(17)11-21)15-7-2-1-3-8-15/h1-10H,22H2. The normalized spacial score (nSPS) is 14.1. The maximum absolute atomic E-state index is 9.66. The van der Waals surface area contributed by atoms with Gasteiger partial charge in [0.15, 0.2) is 0 Å². The van der Waals surface area contributed by atoms with Crippen molar-refractivity contribution in [2.45, 2.75) is 0 Å². The van der Waals surface area contributed by atoms with Crippen molar-refractivity contribution in [3.8, 4) is 6.07 Å². The molecule has 3 rings (SSSR count). The van der Waals surface area contributed by atoms with Gasteiger partial charge in [-0.05, 0) is 53.1 Å². The van der Waals surface area contributed by atoms with Crippen molar-refractivity contribution >= 4 is 44.4 Å². The number of anilines is 1. The van der Waals surface area contributed by atoms with Gasteiger partial charge in [-0.1, -0.05) is 46.3 Å². The van der Waals surface area contributed by atoms with Gasteiger partial charge in [-0.25, -0.2) is 0 Å². The minimum absolute atomic E-state index is 0.341. The van der Waals surface area contributed by atoms with E-state index in [9.17, 15) is 5.26 Å². The largest absolute Gasteiger partial charge is 0.384 e. The van der Waals surface area contributed by atoms with Crippen molar-refractivity contribution in [2.75, 3.05) is 4.90 Å². The molecule has 0 radical (unpaired) electrons. The Morgan fingerprint density at radius 2 is 1.83 bits per heavy atom. The van der Waals surface area contributed by atoms with Crippen LogP contribution in [0.1, 0.15) is 5.56 Å². The number of nitriles is 1. The first-order valence-corrected chi connectivity index (χ1v) is 8.34. The Kier molecular flexibility index (Phi) is 4.64. The zero-order valence-electron chi connectivity index (χ0n) is 12.5. The van der Waals surface area contributed by atoms with Crippen molar-refractivity contribution < 1.29 is 0 Å². The molecule has 3 nitrogen and oxygen atoms in total. The van der Waals surface area contributed by atoms with Crippen LogP contribution in [0.3, 0.4) is 0 Å². The summed E-state index contributed by atoms with van der Waals surface area (Å²) < 4.78 is 0.926. The first-order chi connectivity index (χ1) is 11.7. The monoisotopic (exact) mass is 393 g/mol. The summed E-state index contributed by atoms with van der Waals surface area (Å²) >= 11 is 8.52. The molecular formula is C19H12BrN3S. The Hall–Kier alpha value is -2.64. The van der Waals surface area contributed by atoms with Crippen LogP contribution in [0, 0.1) is 11.3 Å². The average molecular weight is 394 g/mol. The first kappa shape index (κ1) is 16.2. The van der Waals surface area contributed by atoms with Crippen LogP contribution in [0.2, 0.25) is 0 Å². The second-order valence-electron chi connectivity index (χ2n) is 5.10. The number of hydrogen-bond acceptors (Lipinski definition) is 4. The number of rotatable bonds is 2. The highest BCUT2D eigenvalue weighted by Crippen LogP contribution is 2.35. The predicted molar refractivity (Wildman–Crippen MR) is 104 cm³/mol. The molecule has 1 aliphatic rings. The molecule has 116 valence electrons. The van der Waals surface area contributed by atoms with E-state index in [1.807, 2.05) is 60.7 Å². The van der Waals surface area contributed by atoms with E-state index in [4.69, 9.17) is 18.0 Å². The van der Waals surface area contributed by atoms with Crippen molar-refractivity contribution in [2.24, 2.45) is 5.73 Å². The maximum atomic E-state index is 9.66. The van der Waals surface area contributed by atoms with Crippen LogP contribution in [0.4, 0.5) is 5.69 Å². The Labute approximate surface area is 154 Å². The van der Waals surface area contributed by atoms with E-state index in [-0.39, 0.29) is 0 Å². The zero-order chi connectivity index (χ0) is 17.1. The number of hydrogen-bond donors (Lipinski definition) is 1. The fraction of sp³-hybridized carbons (Fsp3) is 0. The van der Waals surface area contributed by atoms with Gasteiger partial charge in [-0.3, -0.25) is 4.90 Å². The van der Waals surface area contributed by atoms with E-state index in [0.717, 1.165) is 21.3 Å². The van der Waals surface area contributed by atoms with Gasteiger partial charge in [0.1, 0.15) is 23.2 Å². The number of para-hydroxylation sites is 1. The molecule has 0 aromatic heterocycles. The third kappa shape index (κ3) is 2.91. The average Bonchev–Trinajstić information content (AvgIpc) is 2.61. The lowest BCUT2D eigenvalue weighted by Gasteiger charge is -2.30. The molecule has 5 heteroatoms. The molecule has 2 aromatic rings. The van der Waals surface area contributed by atoms with Crippen LogP contribution < -0.4 is 10.6 Å². The van der Waals surface area contributed by atoms with Gasteiger partial charge >= 0.3 is 0 Å². The highest BCUT2D eigenvalue weighted by Gasteiger charge is 2.26. The van der Waals surface area contributed by atoms with Crippen molar-refractivity contribution in [1.29, 1.82) is 5.26 Å². The highest BCUT2D eigenvalue weighted by molar-refractivity contribution is 9.10. The van der Waals surface area contributed by atoms with Crippen LogP contribution in [-0.4, -0.2) is 5.02 Å². The van der Waals surface area contributed by atoms with Crippen LogP contribution in [-0.2, 0) is 0 Å². The number of nitrogens with zero attached hydrogens (tertiary/aromatic N) is 2. The number of thiocarbonyl (C=S) groups is 1. The number of halogens is 1. The molecule has 0 saturated heterocycles. The lowest BCUT2D eigenvalue weighted by molar-refractivity contribution is 1.06. The van der Waals surface area contributed by atoms with Gasteiger partial charge in [0.25, 0.3) is 0 Å². The second kappa shape index (κ2) is 6.86. The van der Waals surface area contributed by atoms with Crippen LogP contribution in [0.25, 0.3) is 5.57 Å². The van der Waals surface area contributed by atoms with Gasteiger partial charge < -0.3 is 5.73 Å². The Morgan fingerprint density at radius 3 is 2.46 bits per heavy atom. The molecule has 1 aliphatic heterocycles. The molecule has 2 aromatic carbocycles. The number of benzene rings is 2. The molecule has 24 heavy (non-hydrogen) atoms. The molecule has 0 atom stereocenters. The van der Waals surface area contributed by atoms with Crippen molar-refractivity contribution in [1.82, 2.24) is 0 Å². The van der Waals surface area contributed by atoms with Crippen LogP contribution in [0.15, 0.2) is 82.2 Å². The fourth-order valence-corrected chi connectivity index (χ4v) is 3.13. The predicted octanol–water partition coefficient (Wildman–Crippen LogP) is 4.53. The highest BCUT2D eigenvalue weighted by atomic mass is 79.9. The van der Waals surface area contributed by atoms with Crippen LogP contribution >= 0.6 is 28.1 Å². The van der Waals surface area contributed by atoms with Crippen molar-refractivity contribution in [3.05, 3.63) is 87.8 Å². The first-order valence-electron chi connectivity index (χ1n) is 7.14. The van der Waals surface area contributed by atoms with E-state index >= 15 is 0 Å². The van der Waals surface area contributed by atoms with Gasteiger partial charge in [0.05, 0.1) is 0 Å². The summed E-state index contributed by atoms with van der Waals surface area (Å²) in [5.74, 6) is 0.341. The van der Waals surface area contributed by atoms with Gasteiger partial charge in [0.2, 0.25) is 0 Å². The Bertz CT molecular complexity index is 948. The molecule has 0 fully saturated rings. The Balaban J connectivity index is 2.20. The van der Waals surface area contributed by atoms with E-state index < -0.39 is 0 Å². The molecule has 0 bridgehead atoms. The van der Waals surface area contributed by atoms with Gasteiger partial charge in [-0.2, -0.15) is 5.26 Å². The molecule has 0 aliphatic carbocycles. The summed E-state index contributed by atoms with van der Waals surface area (Å²) in [5.41, 5.74) is 9.81. The summed E-state index contributed by atoms with van der Waals surface area (Å²) in [7, 11) is 0. The quantitative estimate of drug-likeness (QED) is 0.761. The number of allylic oxidation sites excluding steroid dienone is 3. The van der Waals surface area contributed by atoms with E-state index in [2.05, 4.69) is 27.0 Å². The zero-order valence-corrected chi connectivity index (χ0v) is 14.9. The summed E-state index contributed by atoms with van der Waals surface area (Å²) in [4.78, 5) is 1.74. The lowest BCUT2D eigenvalue weighted by Crippen LogP contribution is -2.31. The van der Waals surface area contributed by atoms with Gasteiger partial charge in [0, 0.05) is 15.7 Å². The van der Waals surface area contributed by atoms with Gasteiger partial charge in [-0.15, -0.1) is 0 Å².